The smallest absolute Gasteiger partial charge is 0.140 e. The van der Waals surface area contributed by atoms with Gasteiger partial charge in [0.2, 0.25) is 0 Å². The van der Waals surface area contributed by atoms with E-state index in [0.717, 1.165) is 23.9 Å². The minimum absolute atomic E-state index is 0.0252. The molecule has 0 aromatic heterocycles. The summed E-state index contributed by atoms with van der Waals surface area (Å²) in [4.78, 5) is 0.0252. The van der Waals surface area contributed by atoms with E-state index in [1.165, 1.54) is 0 Å². The Labute approximate surface area is 86.1 Å². The van der Waals surface area contributed by atoms with Gasteiger partial charge in [0.15, 0.2) is 0 Å². The topological polar surface area (TPSA) is 20.2 Å². The lowest BCUT2D eigenvalue weighted by Gasteiger charge is -2.08. The standard InChI is InChI=1S/C10H12F2OS/c1-6(2)14-10-8(11)3-7(5-13)4-9(10)12/h3-4,6,13H,5H2,1-2H3. The Kier molecular flexibility index (Phi) is 3.89. The van der Waals surface area contributed by atoms with E-state index in [0.29, 0.717) is 0 Å². The number of aliphatic hydroxyl groups is 1. The van der Waals surface area contributed by atoms with Crippen LogP contribution in [0.15, 0.2) is 17.0 Å². The van der Waals surface area contributed by atoms with Gasteiger partial charge in [-0.2, -0.15) is 0 Å². The predicted octanol–water partition coefficient (Wildman–Crippen LogP) is 2.96. The number of aliphatic hydroxyl groups excluding tert-OH is 1. The number of benzene rings is 1. The van der Waals surface area contributed by atoms with E-state index in [4.69, 9.17) is 5.11 Å². The molecule has 0 heterocycles. The van der Waals surface area contributed by atoms with Crippen LogP contribution in [-0.2, 0) is 6.61 Å². The minimum Gasteiger partial charge on any atom is -0.392 e. The lowest BCUT2D eigenvalue weighted by molar-refractivity contribution is 0.280. The largest absolute Gasteiger partial charge is 0.392 e. The van der Waals surface area contributed by atoms with Crippen molar-refractivity contribution in [2.24, 2.45) is 0 Å². The highest BCUT2D eigenvalue weighted by molar-refractivity contribution is 7.99. The molecule has 0 amide bonds. The lowest BCUT2D eigenvalue weighted by atomic mass is 10.2. The van der Waals surface area contributed by atoms with E-state index >= 15 is 0 Å². The molecular weight excluding hydrogens is 206 g/mol. The average molecular weight is 218 g/mol. The molecule has 0 aliphatic heterocycles. The van der Waals surface area contributed by atoms with E-state index in [1.54, 1.807) is 0 Å². The molecule has 1 aromatic carbocycles. The third kappa shape index (κ3) is 2.69. The summed E-state index contributed by atoms with van der Waals surface area (Å²) in [5.74, 6) is -1.21. The van der Waals surface area contributed by atoms with Gasteiger partial charge in [0.1, 0.15) is 11.6 Å². The SMILES string of the molecule is CC(C)Sc1c(F)cc(CO)cc1F. The first-order chi connectivity index (χ1) is 6.54. The van der Waals surface area contributed by atoms with Crippen molar-refractivity contribution in [1.82, 2.24) is 0 Å². The molecule has 0 saturated heterocycles. The van der Waals surface area contributed by atoms with Crippen molar-refractivity contribution in [2.75, 3.05) is 0 Å². The van der Waals surface area contributed by atoms with Gasteiger partial charge in [-0.1, -0.05) is 13.8 Å². The average Bonchev–Trinajstić information content (AvgIpc) is 2.10. The van der Waals surface area contributed by atoms with Crippen LogP contribution in [-0.4, -0.2) is 10.4 Å². The van der Waals surface area contributed by atoms with Crippen LogP contribution in [0.4, 0.5) is 8.78 Å². The highest BCUT2D eigenvalue weighted by Gasteiger charge is 2.12. The van der Waals surface area contributed by atoms with Crippen LogP contribution in [0, 0.1) is 11.6 Å². The van der Waals surface area contributed by atoms with Gasteiger partial charge in [0.05, 0.1) is 11.5 Å². The van der Waals surface area contributed by atoms with Crippen LogP contribution in [0.2, 0.25) is 0 Å². The van der Waals surface area contributed by atoms with Crippen LogP contribution in [0.5, 0.6) is 0 Å². The first-order valence-electron chi connectivity index (χ1n) is 4.30. The normalized spacial score (nSPS) is 11.0. The molecule has 0 bridgehead atoms. The quantitative estimate of drug-likeness (QED) is 0.787. The maximum atomic E-state index is 13.3. The summed E-state index contributed by atoms with van der Waals surface area (Å²) in [6.45, 7) is 3.38. The second kappa shape index (κ2) is 4.75. The molecule has 14 heavy (non-hydrogen) atoms. The van der Waals surface area contributed by atoms with Crippen molar-refractivity contribution < 1.29 is 13.9 Å². The third-order valence-electron chi connectivity index (χ3n) is 1.59. The van der Waals surface area contributed by atoms with Crippen molar-refractivity contribution in [3.05, 3.63) is 29.3 Å². The van der Waals surface area contributed by atoms with Crippen LogP contribution in [0.25, 0.3) is 0 Å². The van der Waals surface area contributed by atoms with Gasteiger partial charge in [-0.3, -0.25) is 0 Å². The van der Waals surface area contributed by atoms with Gasteiger partial charge >= 0.3 is 0 Å². The maximum absolute atomic E-state index is 13.3. The molecule has 0 unspecified atom stereocenters. The Bertz CT molecular complexity index is 303. The lowest BCUT2D eigenvalue weighted by Crippen LogP contribution is -1.96. The summed E-state index contributed by atoms with van der Waals surface area (Å²) in [6, 6.07) is 2.32. The second-order valence-electron chi connectivity index (χ2n) is 3.21. The van der Waals surface area contributed by atoms with E-state index in [1.807, 2.05) is 13.8 Å². The maximum Gasteiger partial charge on any atom is 0.140 e. The number of thioether (sulfide) groups is 1. The molecule has 0 fully saturated rings. The minimum atomic E-state index is -0.604. The zero-order valence-electron chi connectivity index (χ0n) is 8.05. The highest BCUT2D eigenvalue weighted by atomic mass is 32.2. The van der Waals surface area contributed by atoms with Crippen LogP contribution >= 0.6 is 11.8 Å². The summed E-state index contributed by atoms with van der Waals surface area (Å²) in [5, 5.41) is 8.84. The first-order valence-corrected chi connectivity index (χ1v) is 5.18. The third-order valence-corrected chi connectivity index (χ3v) is 2.69. The van der Waals surface area contributed by atoms with Gasteiger partial charge in [-0.25, -0.2) is 8.78 Å². The molecular formula is C10H12F2OS. The van der Waals surface area contributed by atoms with Crippen LogP contribution in [0.3, 0.4) is 0 Å². The second-order valence-corrected chi connectivity index (χ2v) is 4.80. The van der Waals surface area contributed by atoms with Gasteiger partial charge in [0.25, 0.3) is 0 Å². The van der Waals surface area contributed by atoms with Crippen molar-refractivity contribution in [3.8, 4) is 0 Å². The summed E-state index contributed by atoms with van der Waals surface area (Å²) < 4.78 is 26.6. The molecule has 1 rings (SSSR count). The Hall–Kier alpha value is -0.610. The van der Waals surface area contributed by atoms with E-state index in [2.05, 4.69) is 0 Å². The van der Waals surface area contributed by atoms with Crippen LogP contribution in [0.1, 0.15) is 19.4 Å². The van der Waals surface area contributed by atoms with E-state index in [-0.39, 0.29) is 22.3 Å². The Balaban J connectivity index is 3.05. The number of rotatable bonds is 3. The molecule has 0 radical (unpaired) electrons. The van der Waals surface area contributed by atoms with Gasteiger partial charge in [-0.05, 0) is 17.7 Å². The summed E-state index contributed by atoms with van der Waals surface area (Å²) in [6.07, 6.45) is 0. The fourth-order valence-corrected chi connectivity index (χ4v) is 1.87. The molecule has 0 saturated carbocycles. The Morgan fingerprint density at radius 2 is 1.79 bits per heavy atom. The molecule has 78 valence electrons. The van der Waals surface area contributed by atoms with Crippen molar-refractivity contribution in [1.29, 1.82) is 0 Å². The summed E-state index contributed by atoms with van der Waals surface area (Å²) in [7, 11) is 0. The fraction of sp³-hybridized carbons (Fsp3) is 0.400. The van der Waals surface area contributed by atoms with Gasteiger partial charge in [0, 0.05) is 5.25 Å². The summed E-state index contributed by atoms with van der Waals surface area (Å²) in [5.41, 5.74) is 0.258. The molecule has 1 aromatic rings. The predicted molar refractivity (Wildman–Crippen MR) is 53.3 cm³/mol. The van der Waals surface area contributed by atoms with Gasteiger partial charge < -0.3 is 5.11 Å². The van der Waals surface area contributed by atoms with E-state index < -0.39 is 11.6 Å². The zero-order valence-corrected chi connectivity index (χ0v) is 8.87. The molecule has 0 atom stereocenters. The van der Waals surface area contributed by atoms with Crippen LogP contribution < -0.4 is 0 Å². The summed E-state index contributed by atoms with van der Waals surface area (Å²) >= 11 is 1.14. The van der Waals surface area contributed by atoms with E-state index in [9.17, 15) is 8.78 Å². The molecule has 4 heteroatoms. The number of halogens is 2. The first kappa shape index (κ1) is 11.5. The van der Waals surface area contributed by atoms with Crippen molar-refractivity contribution in [3.63, 3.8) is 0 Å². The van der Waals surface area contributed by atoms with Crippen molar-refractivity contribution >= 4 is 11.8 Å². The van der Waals surface area contributed by atoms with Crippen molar-refractivity contribution in [2.45, 2.75) is 30.6 Å². The Morgan fingerprint density at radius 3 is 2.14 bits per heavy atom. The monoisotopic (exact) mass is 218 g/mol. The molecule has 1 nitrogen and oxygen atoms in total. The fourth-order valence-electron chi connectivity index (χ4n) is 1.05. The number of hydrogen-bond acceptors (Lipinski definition) is 2. The van der Waals surface area contributed by atoms with Gasteiger partial charge in [-0.15, -0.1) is 11.8 Å². The Morgan fingerprint density at radius 1 is 1.29 bits per heavy atom. The highest BCUT2D eigenvalue weighted by Crippen LogP contribution is 2.29. The zero-order chi connectivity index (χ0) is 10.7. The molecule has 0 spiro atoms. The number of hydrogen-bond donors (Lipinski definition) is 1. The molecule has 0 aliphatic carbocycles. The molecule has 0 aliphatic rings. The molecule has 1 N–H and O–H groups in total.